The van der Waals surface area contributed by atoms with E-state index in [4.69, 9.17) is 11.6 Å². The van der Waals surface area contributed by atoms with Crippen LogP contribution in [0.3, 0.4) is 0 Å². The highest BCUT2D eigenvalue weighted by Crippen LogP contribution is 2.32. The number of imide groups is 1. The number of halogens is 1. The normalized spacial score (nSPS) is 14.4. The Morgan fingerprint density at radius 1 is 1.00 bits per heavy atom. The Kier molecular flexibility index (Phi) is 5.14. The molecule has 134 valence electrons. The van der Waals surface area contributed by atoms with Gasteiger partial charge in [0.1, 0.15) is 5.70 Å². The number of anilines is 1. The molecule has 0 unspecified atom stereocenters. The lowest BCUT2D eigenvalue weighted by Crippen LogP contribution is -2.33. The van der Waals surface area contributed by atoms with Crippen LogP contribution in [0, 0.1) is 13.8 Å². The first kappa shape index (κ1) is 18.2. The van der Waals surface area contributed by atoms with Gasteiger partial charge in [0.25, 0.3) is 11.8 Å². The summed E-state index contributed by atoms with van der Waals surface area (Å²) < 4.78 is 0. The van der Waals surface area contributed by atoms with Crippen LogP contribution in [-0.2, 0) is 9.59 Å². The molecule has 5 heteroatoms. The number of benzene rings is 2. The van der Waals surface area contributed by atoms with Crippen LogP contribution in [-0.4, -0.2) is 23.3 Å². The summed E-state index contributed by atoms with van der Waals surface area (Å²) in [6, 6.07) is 12.9. The maximum absolute atomic E-state index is 12.9. The zero-order valence-corrected chi connectivity index (χ0v) is 15.9. The molecule has 0 saturated heterocycles. The van der Waals surface area contributed by atoms with Crippen molar-refractivity contribution in [2.75, 3.05) is 11.9 Å². The summed E-state index contributed by atoms with van der Waals surface area (Å²) in [5, 5.41) is 3.79. The number of carbonyl (C=O) groups excluding carboxylic acids is 2. The predicted octanol–water partition coefficient (Wildman–Crippen LogP) is 4.56. The molecule has 4 nitrogen and oxygen atoms in total. The van der Waals surface area contributed by atoms with Crippen molar-refractivity contribution in [1.29, 1.82) is 0 Å². The fraction of sp³-hybridized carbons (Fsp3) is 0.238. The lowest BCUT2D eigenvalue weighted by Gasteiger charge is -2.14. The molecule has 2 aromatic rings. The van der Waals surface area contributed by atoms with Gasteiger partial charge in [0.2, 0.25) is 0 Å². The third-order valence-corrected chi connectivity index (χ3v) is 4.64. The van der Waals surface area contributed by atoms with E-state index in [1.807, 2.05) is 39.0 Å². The molecule has 0 spiro atoms. The Hall–Kier alpha value is -2.59. The summed E-state index contributed by atoms with van der Waals surface area (Å²) in [4.78, 5) is 27.1. The van der Waals surface area contributed by atoms with Crippen molar-refractivity contribution in [2.24, 2.45) is 0 Å². The Morgan fingerprint density at radius 2 is 1.69 bits per heavy atom. The quantitative estimate of drug-likeness (QED) is 0.787. The second-order valence-corrected chi connectivity index (χ2v) is 6.90. The highest BCUT2D eigenvalue weighted by atomic mass is 35.5. The molecule has 1 N–H and O–H groups in total. The van der Waals surface area contributed by atoms with Gasteiger partial charge in [-0.2, -0.15) is 0 Å². The molecule has 2 amide bonds. The van der Waals surface area contributed by atoms with Crippen LogP contribution in [0.1, 0.15) is 30.0 Å². The first-order chi connectivity index (χ1) is 12.4. The van der Waals surface area contributed by atoms with Crippen molar-refractivity contribution in [1.82, 2.24) is 4.90 Å². The van der Waals surface area contributed by atoms with Gasteiger partial charge in [-0.1, -0.05) is 48.4 Å². The fourth-order valence-corrected chi connectivity index (χ4v) is 3.22. The van der Waals surface area contributed by atoms with Crippen LogP contribution in [0.2, 0.25) is 5.02 Å². The number of hydrogen-bond acceptors (Lipinski definition) is 3. The van der Waals surface area contributed by atoms with Gasteiger partial charge < -0.3 is 5.32 Å². The molecule has 1 heterocycles. The minimum absolute atomic E-state index is 0.272. The molecule has 0 aliphatic carbocycles. The summed E-state index contributed by atoms with van der Waals surface area (Å²) in [6.07, 6.45) is 0.711. The number of aryl methyl sites for hydroxylation is 2. The van der Waals surface area contributed by atoms with Gasteiger partial charge >= 0.3 is 0 Å². The van der Waals surface area contributed by atoms with Crippen LogP contribution in [0.15, 0.2) is 48.2 Å². The lowest BCUT2D eigenvalue weighted by molar-refractivity contribution is -0.136. The topological polar surface area (TPSA) is 49.4 Å². The van der Waals surface area contributed by atoms with Crippen molar-refractivity contribution in [3.05, 3.63) is 69.9 Å². The number of rotatable bonds is 5. The third kappa shape index (κ3) is 3.37. The lowest BCUT2D eigenvalue weighted by atomic mass is 10.0. The van der Waals surface area contributed by atoms with Crippen LogP contribution in [0.25, 0.3) is 5.57 Å². The molecule has 0 saturated carbocycles. The van der Waals surface area contributed by atoms with Gasteiger partial charge in [0, 0.05) is 17.3 Å². The summed E-state index contributed by atoms with van der Waals surface area (Å²) in [5.41, 5.74) is 4.36. The molecular formula is C21H21ClN2O2. The molecule has 3 rings (SSSR count). The van der Waals surface area contributed by atoms with Crippen molar-refractivity contribution >= 4 is 34.7 Å². The molecular weight excluding hydrogens is 348 g/mol. The highest BCUT2D eigenvalue weighted by molar-refractivity contribution is 6.36. The van der Waals surface area contributed by atoms with Gasteiger partial charge in [-0.3, -0.25) is 14.5 Å². The SMILES string of the molecule is CCCN1C(=O)C(Nc2ccc(C)cc2C)=C(c2ccc(Cl)cc2)C1=O. The maximum Gasteiger partial charge on any atom is 0.278 e. The molecule has 0 atom stereocenters. The fourth-order valence-electron chi connectivity index (χ4n) is 3.09. The first-order valence-electron chi connectivity index (χ1n) is 8.63. The number of nitrogens with one attached hydrogen (secondary N) is 1. The van der Waals surface area contributed by atoms with Gasteiger partial charge in [-0.25, -0.2) is 0 Å². The standard InChI is InChI=1S/C21H21ClN2O2/c1-4-11-24-20(25)18(15-6-8-16(22)9-7-15)19(21(24)26)23-17-10-5-13(2)12-14(17)3/h5-10,12,23H,4,11H2,1-3H3. The molecule has 0 fully saturated rings. The van der Waals surface area contributed by atoms with Gasteiger partial charge in [0.15, 0.2) is 0 Å². The minimum atomic E-state index is -0.290. The summed E-state index contributed by atoms with van der Waals surface area (Å²) in [7, 11) is 0. The van der Waals surface area contributed by atoms with Crippen molar-refractivity contribution in [2.45, 2.75) is 27.2 Å². The Balaban J connectivity index is 2.09. The monoisotopic (exact) mass is 368 g/mol. The maximum atomic E-state index is 12.9. The molecule has 0 aromatic heterocycles. The van der Waals surface area contributed by atoms with E-state index in [9.17, 15) is 9.59 Å². The average molecular weight is 369 g/mol. The molecule has 2 aromatic carbocycles. The summed E-state index contributed by atoms with van der Waals surface area (Å²) in [6.45, 7) is 6.33. The van der Waals surface area contributed by atoms with E-state index in [2.05, 4.69) is 5.32 Å². The number of carbonyl (C=O) groups is 2. The number of nitrogens with zero attached hydrogens (tertiary/aromatic N) is 1. The molecule has 0 bridgehead atoms. The summed E-state index contributed by atoms with van der Waals surface area (Å²) in [5.74, 6) is -0.562. The molecule has 1 aliphatic heterocycles. The van der Waals surface area contributed by atoms with E-state index >= 15 is 0 Å². The molecule has 26 heavy (non-hydrogen) atoms. The Bertz CT molecular complexity index is 901. The number of hydrogen-bond donors (Lipinski definition) is 1. The largest absolute Gasteiger partial charge is 0.350 e. The Morgan fingerprint density at radius 3 is 2.31 bits per heavy atom. The molecule has 0 radical (unpaired) electrons. The van der Waals surface area contributed by atoms with Crippen LogP contribution < -0.4 is 5.32 Å². The van der Waals surface area contributed by atoms with Gasteiger partial charge in [0.05, 0.1) is 5.57 Å². The van der Waals surface area contributed by atoms with Crippen molar-refractivity contribution in [3.63, 3.8) is 0 Å². The van der Waals surface area contributed by atoms with E-state index in [1.165, 1.54) is 4.90 Å². The minimum Gasteiger partial charge on any atom is -0.350 e. The smallest absolute Gasteiger partial charge is 0.278 e. The van der Waals surface area contributed by atoms with E-state index in [0.717, 1.165) is 16.8 Å². The third-order valence-electron chi connectivity index (χ3n) is 4.39. The summed E-state index contributed by atoms with van der Waals surface area (Å²) >= 11 is 5.97. The predicted molar refractivity (Wildman–Crippen MR) is 105 cm³/mol. The van der Waals surface area contributed by atoms with Gasteiger partial charge in [-0.15, -0.1) is 0 Å². The number of amides is 2. The second kappa shape index (κ2) is 7.34. The van der Waals surface area contributed by atoms with Crippen LogP contribution in [0.5, 0.6) is 0 Å². The second-order valence-electron chi connectivity index (χ2n) is 6.46. The zero-order valence-electron chi connectivity index (χ0n) is 15.1. The van der Waals surface area contributed by atoms with E-state index in [0.29, 0.717) is 34.8 Å². The average Bonchev–Trinajstić information content (AvgIpc) is 2.83. The van der Waals surface area contributed by atoms with Gasteiger partial charge in [-0.05, 0) is 49.6 Å². The van der Waals surface area contributed by atoms with Crippen LogP contribution >= 0.6 is 11.6 Å². The Labute approximate surface area is 158 Å². The van der Waals surface area contributed by atoms with Crippen molar-refractivity contribution in [3.8, 4) is 0 Å². The highest BCUT2D eigenvalue weighted by Gasteiger charge is 2.38. The van der Waals surface area contributed by atoms with Crippen molar-refractivity contribution < 1.29 is 9.59 Å². The zero-order chi connectivity index (χ0) is 18.8. The molecule has 1 aliphatic rings. The van der Waals surface area contributed by atoms with E-state index in [1.54, 1.807) is 24.3 Å². The first-order valence-corrected chi connectivity index (χ1v) is 9.01. The van der Waals surface area contributed by atoms with E-state index < -0.39 is 0 Å². The van der Waals surface area contributed by atoms with Crippen LogP contribution in [0.4, 0.5) is 5.69 Å². The van der Waals surface area contributed by atoms with E-state index in [-0.39, 0.29) is 11.8 Å².